The van der Waals surface area contributed by atoms with Gasteiger partial charge in [0, 0.05) is 19.6 Å². The maximum Gasteiger partial charge on any atom is 0.261 e. The fourth-order valence-electron chi connectivity index (χ4n) is 3.53. The van der Waals surface area contributed by atoms with Gasteiger partial charge >= 0.3 is 0 Å². The first-order valence-corrected chi connectivity index (χ1v) is 8.62. The minimum absolute atomic E-state index is 0.103. The van der Waals surface area contributed by atoms with Gasteiger partial charge in [0.05, 0.1) is 29.9 Å². The van der Waals surface area contributed by atoms with Crippen LogP contribution < -0.4 is 5.56 Å². The predicted molar refractivity (Wildman–Crippen MR) is 97.4 cm³/mol. The number of benzene rings is 2. The summed E-state index contributed by atoms with van der Waals surface area (Å²) in [4.78, 5) is 19.1. The smallest absolute Gasteiger partial charge is 0.261 e. The number of rotatable bonds is 4. The molecular weight excluding hydrogens is 314 g/mol. The summed E-state index contributed by atoms with van der Waals surface area (Å²) in [5.41, 5.74) is 3.30. The van der Waals surface area contributed by atoms with Crippen LogP contribution in [0.25, 0.3) is 10.9 Å². The summed E-state index contributed by atoms with van der Waals surface area (Å²) >= 11 is 0. The van der Waals surface area contributed by atoms with Crippen LogP contribution in [-0.4, -0.2) is 38.8 Å². The highest BCUT2D eigenvalue weighted by molar-refractivity contribution is 5.76. The maximum absolute atomic E-state index is 12.5. The summed E-state index contributed by atoms with van der Waals surface area (Å²) < 4.78 is 1.50. The van der Waals surface area contributed by atoms with Crippen molar-refractivity contribution < 1.29 is 5.11 Å². The van der Waals surface area contributed by atoms with Gasteiger partial charge in [0.1, 0.15) is 0 Å². The molecule has 0 aliphatic carbocycles. The van der Waals surface area contributed by atoms with Crippen LogP contribution in [0.1, 0.15) is 11.1 Å². The van der Waals surface area contributed by atoms with E-state index >= 15 is 0 Å². The van der Waals surface area contributed by atoms with Crippen molar-refractivity contribution in [1.29, 1.82) is 0 Å². The molecule has 128 valence electrons. The molecule has 0 bridgehead atoms. The zero-order valence-electron chi connectivity index (χ0n) is 14.0. The summed E-state index contributed by atoms with van der Waals surface area (Å²) in [7, 11) is 0. The van der Waals surface area contributed by atoms with E-state index in [0.717, 1.165) is 19.5 Å². The Morgan fingerprint density at radius 3 is 2.68 bits per heavy atom. The minimum Gasteiger partial charge on any atom is -0.390 e. The number of hydrogen-bond acceptors (Lipinski definition) is 4. The number of aromatic nitrogens is 2. The van der Waals surface area contributed by atoms with Crippen LogP contribution in [0.3, 0.4) is 0 Å². The number of hydrogen-bond donors (Lipinski definition) is 1. The Labute approximate surface area is 146 Å². The minimum atomic E-state index is -0.606. The van der Waals surface area contributed by atoms with Crippen molar-refractivity contribution in [3.63, 3.8) is 0 Å². The van der Waals surface area contributed by atoms with E-state index in [1.807, 2.05) is 18.2 Å². The fraction of sp³-hybridized carbons (Fsp3) is 0.300. The normalized spacial score (nSPS) is 15.9. The second-order valence-corrected chi connectivity index (χ2v) is 6.63. The largest absolute Gasteiger partial charge is 0.390 e. The lowest BCUT2D eigenvalue weighted by atomic mass is 10.00. The summed E-state index contributed by atoms with van der Waals surface area (Å²) in [5, 5.41) is 11.1. The van der Waals surface area contributed by atoms with E-state index in [0.29, 0.717) is 17.4 Å². The van der Waals surface area contributed by atoms with Crippen molar-refractivity contribution in [2.24, 2.45) is 0 Å². The van der Waals surface area contributed by atoms with Gasteiger partial charge in [0.25, 0.3) is 5.56 Å². The predicted octanol–water partition coefficient (Wildman–Crippen LogP) is 1.82. The van der Waals surface area contributed by atoms with Crippen LogP contribution in [0.5, 0.6) is 0 Å². The van der Waals surface area contributed by atoms with Gasteiger partial charge in [0.15, 0.2) is 0 Å². The summed E-state index contributed by atoms with van der Waals surface area (Å²) in [6.45, 7) is 2.58. The monoisotopic (exact) mass is 335 g/mol. The lowest BCUT2D eigenvalue weighted by Gasteiger charge is -2.30. The molecule has 2 heterocycles. The first kappa shape index (κ1) is 16.0. The van der Waals surface area contributed by atoms with Gasteiger partial charge in [-0.15, -0.1) is 0 Å². The second-order valence-electron chi connectivity index (χ2n) is 6.63. The van der Waals surface area contributed by atoms with Gasteiger partial charge in [-0.1, -0.05) is 36.4 Å². The molecule has 0 spiro atoms. The average molecular weight is 335 g/mol. The number of fused-ring (bicyclic) bond motifs is 2. The van der Waals surface area contributed by atoms with Gasteiger partial charge in [-0.05, 0) is 29.7 Å². The molecule has 0 amide bonds. The van der Waals surface area contributed by atoms with E-state index in [9.17, 15) is 9.90 Å². The third kappa shape index (κ3) is 3.34. The molecule has 0 saturated carbocycles. The summed E-state index contributed by atoms with van der Waals surface area (Å²) in [6, 6.07) is 15.7. The second kappa shape index (κ2) is 6.78. The van der Waals surface area contributed by atoms with E-state index in [-0.39, 0.29) is 12.1 Å². The Morgan fingerprint density at radius 1 is 1.04 bits per heavy atom. The summed E-state index contributed by atoms with van der Waals surface area (Å²) in [5.74, 6) is 0. The van der Waals surface area contributed by atoms with Gasteiger partial charge in [-0.2, -0.15) is 0 Å². The van der Waals surface area contributed by atoms with E-state index in [1.165, 1.54) is 22.0 Å². The molecule has 2 aromatic carbocycles. The molecular formula is C20H21N3O2. The molecule has 0 saturated heterocycles. The molecule has 1 aliphatic rings. The van der Waals surface area contributed by atoms with Crippen LogP contribution in [-0.2, 0) is 19.5 Å². The number of aliphatic hydroxyl groups excluding tert-OH is 1. The quantitative estimate of drug-likeness (QED) is 0.790. The third-order valence-electron chi connectivity index (χ3n) is 4.82. The first-order chi connectivity index (χ1) is 12.2. The molecule has 0 radical (unpaired) electrons. The Morgan fingerprint density at radius 2 is 1.80 bits per heavy atom. The topological polar surface area (TPSA) is 58.4 Å². The lowest BCUT2D eigenvalue weighted by Crippen LogP contribution is -2.39. The average Bonchev–Trinajstić information content (AvgIpc) is 2.64. The zero-order chi connectivity index (χ0) is 17.2. The van der Waals surface area contributed by atoms with Crippen LogP contribution >= 0.6 is 0 Å². The van der Waals surface area contributed by atoms with Crippen molar-refractivity contribution in [2.45, 2.75) is 25.6 Å². The highest BCUT2D eigenvalue weighted by Crippen LogP contribution is 2.18. The highest BCUT2D eigenvalue weighted by atomic mass is 16.3. The molecule has 1 aromatic heterocycles. The van der Waals surface area contributed by atoms with Crippen LogP contribution in [0.2, 0.25) is 0 Å². The Kier molecular flexibility index (Phi) is 4.34. The fourth-order valence-corrected chi connectivity index (χ4v) is 3.53. The number of aliphatic hydroxyl groups is 1. The van der Waals surface area contributed by atoms with Crippen molar-refractivity contribution in [3.05, 3.63) is 76.3 Å². The summed E-state index contributed by atoms with van der Waals surface area (Å²) in [6.07, 6.45) is 1.92. The number of para-hydroxylation sites is 1. The van der Waals surface area contributed by atoms with Gasteiger partial charge < -0.3 is 5.11 Å². The van der Waals surface area contributed by atoms with E-state index in [4.69, 9.17) is 0 Å². The van der Waals surface area contributed by atoms with E-state index in [2.05, 4.69) is 34.1 Å². The molecule has 25 heavy (non-hydrogen) atoms. The van der Waals surface area contributed by atoms with Crippen LogP contribution in [0.15, 0.2) is 59.7 Å². The Balaban J connectivity index is 1.45. The van der Waals surface area contributed by atoms with Gasteiger partial charge in [-0.3, -0.25) is 14.3 Å². The van der Waals surface area contributed by atoms with Crippen LogP contribution in [0.4, 0.5) is 0 Å². The Bertz CT molecular complexity index is 951. The maximum atomic E-state index is 12.5. The van der Waals surface area contributed by atoms with Crippen molar-refractivity contribution >= 4 is 10.9 Å². The molecule has 1 aliphatic heterocycles. The molecule has 1 N–H and O–H groups in total. The molecule has 4 rings (SSSR count). The van der Waals surface area contributed by atoms with Gasteiger partial charge in [0.2, 0.25) is 0 Å². The third-order valence-corrected chi connectivity index (χ3v) is 4.82. The van der Waals surface area contributed by atoms with Crippen molar-refractivity contribution in [3.8, 4) is 0 Å². The zero-order valence-corrected chi connectivity index (χ0v) is 14.0. The SMILES string of the molecule is O=c1c2ccccc2ncn1C[C@H](O)CN1CCc2ccccc2C1. The van der Waals surface area contributed by atoms with Crippen LogP contribution in [0, 0.1) is 0 Å². The standard InChI is InChI=1S/C20H21N3O2/c24-17(12-22-10-9-15-5-1-2-6-16(15)11-22)13-23-14-21-19-8-4-3-7-18(19)20(23)25/h1-8,14,17,24H,9-13H2/t17-/m1/s1. The number of nitrogens with zero attached hydrogens (tertiary/aromatic N) is 3. The first-order valence-electron chi connectivity index (χ1n) is 8.62. The molecule has 1 atom stereocenters. The van der Waals surface area contributed by atoms with E-state index < -0.39 is 6.10 Å². The molecule has 5 nitrogen and oxygen atoms in total. The number of β-amino-alcohol motifs (C(OH)–C–C–N with tert-alkyl or cyclic N) is 1. The van der Waals surface area contributed by atoms with Gasteiger partial charge in [-0.25, -0.2) is 4.98 Å². The Hall–Kier alpha value is -2.50. The molecule has 0 unspecified atom stereocenters. The van der Waals surface area contributed by atoms with E-state index in [1.54, 1.807) is 6.07 Å². The molecule has 0 fully saturated rings. The van der Waals surface area contributed by atoms with Crippen molar-refractivity contribution in [1.82, 2.24) is 14.5 Å². The lowest BCUT2D eigenvalue weighted by molar-refractivity contribution is 0.0908. The highest BCUT2D eigenvalue weighted by Gasteiger charge is 2.19. The molecule has 3 aromatic rings. The van der Waals surface area contributed by atoms with Crippen molar-refractivity contribution in [2.75, 3.05) is 13.1 Å². The molecule has 5 heteroatoms.